The Balaban J connectivity index is 2.18. The largest absolute Gasteiger partial charge is 0.481 e. The van der Waals surface area contributed by atoms with Gasteiger partial charge in [0.1, 0.15) is 5.69 Å². The molecule has 2 rings (SSSR count). The normalized spacial score (nSPS) is 11.6. The number of carbonyl (C=O) groups excluding carboxylic acids is 1. The second-order valence-corrected chi connectivity index (χ2v) is 4.34. The number of carbonyl (C=O) groups is 2. The molecule has 0 spiro atoms. The maximum Gasteiger partial charge on any atom is 0.305 e. The van der Waals surface area contributed by atoms with Crippen molar-refractivity contribution in [3.63, 3.8) is 0 Å². The zero-order valence-corrected chi connectivity index (χ0v) is 10.9. The summed E-state index contributed by atoms with van der Waals surface area (Å²) in [6, 6.07) is 10.6. The minimum absolute atomic E-state index is 0.0147. The number of aromatic nitrogens is 2. The number of aliphatic carboxylic acids is 1. The van der Waals surface area contributed by atoms with E-state index in [-0.39, 0.29) is 12.1 Å². The lowest BCUT2D eigenvalue weighted by atomic mass is 10.0. The molecule has 1 atom stereocenters. The van der Waals surface area contributed by atoms with E-state index < -0.39 is 23.5 Å². The monoisotopic (exact) mass is 287 g/mol. The lowest BCUT2D eigenvalue weighted by Gasteiger charge is -2.17. The fourth-order valence-electron chi connectivity index (χ4n) is 1.82. The summed E-state index contributed by atoms with van der Waals surface area (Å²) in [6.45, 7) is 0. The second kappa shape index (κ2) is 6.47. The number of carboxylic acid groups (broad SMARTS) is 1. The van der Waals surface area contributed by atoms with E-state index in [9.17, 15) is 14.4 Å². The summed E-state index contributed by atoms with van der Waals surface area (Å²) in [6.07, 6.45) is -0.251. The topological polar surface area (TPSA) is 112 Å². The average molecular weight is 287 g/mol. The second-order valence-electron chi connectivity index (χ2n) is 4.34. The van der Waals surface area contributed by atoms with Gasteiger partial charge in [-0.3, -0.25) is 14.4 Å². The molecule has 7 nitrogen and oxygen atoms in total. The van der Waals surface area contributed by atoms with Crippen molar-refractivity contribution in [1.82, 2.24) is 15.5 Å². The lowest BCUT2D eigenvalue weighted by molar-refractivity contribution is -0.137. The number of H-pyrrole nitrogens is 1. The molecule has 1 heterocycles. The number of benzene rings is 1. The predicted octanol–water partition coefficient (Wildman–Crippen LogP) is 0.716. The van der Waals surface area contributed by atoms with E-state index in [0.29, 0.717) is 5.56 Å². The van der Waals surface area contributed by atoms with Gasteiger partial charge in [-0.25, -0.2) is 5.10 Å². The molecule has 0 aliphatic carbocycles. The van der Waals surface area contributed by atoms with Crippen LogP contribution in [0.3, 0.4) is 0 Å². The highest BCUT2D eigenvalue weighted by molar-refractivity contribution is 5.92. The molecule has 0 aliphatic heterocycles. The van der Waals surface area contributed by atoms with Crippen LogP contribution in [-0.2, 0) is 4.79 Å². The Morgan fingerprint density at radius 1 is 1.19 bits per heavy atom. The van der Waals surface area contributed by atoms with Gasteiger partial charge in [0.2, 0.25) is 0 Å². The number of hydrogen-bond acceptors (Lipinski definition) is 4. The van der Waals surface area contributed by atoms with Crippen molar-refractivity contribution >= 4 is 11.9 Å². The molecule has 1 aromatic heterocycles. The van der Waals surface area contributed by atoms with Crippen molar-refractivity contribution in [2.45, 2.75) is 12.5 Å². The van der Waals surface area contributed by atoms with Crippen LogP contribution in [0.5, 0.6) is 0 Å². The Bertz CT molecular complexity index is 676. The van der Waals surface area contributed by atoms with Gasteiger partial charge in [-0.2, -0.15) is 5.10 Å². The predicted molar refractivity (Wildman–Crippen MR) is 73.8 cm³/mol. The van der Waals surface area contributed by atoms with E-state index >= 15 is 0 Å². The van der Waals surface area contributed by atoms with Gasteiger partial charge in [-0.05, 0) is 11.6 Å². The minimum atomic E-state index is -1.03. The van der Waals surface area contributed by atoms with Gasteiger partial charge in [-0.1, -0.05) is 30.3 Å². The molecular weight excluding hydrogens is 274 g/mol. The van der Waals surface area contributed by atoms with Crippen molar-refractivity contribution in [3.8, 4) is 0 Å². The Morgan fingerprint density at radius 3 is 2.48 bits per heavy atom. The number of carboxylic acids is 1. The van der Waals surface area contributed by atoms with E-state index in [2.05, 4.69) is 15.5 Å². The summed E-state index contributed by atoms with van der Waals surface area (Å²) in [4.78, 5) is 33.9. The number of nitrogens with zero attached hydrogens (tertiary/aromatic N) is 1. The van der Waals surface area contributed by atoms with Crippen molar-refractivity contribution < 1.29 is 14.7 Å². The van der Waals surface area contributed by atoms with Crippen LogP contribution in [0.15, 0.2) is 47.3 Å². The SMILES string of the molecule is O=C(O)CC(NC(=O)c1ccc(=O)[nH]n1)c1ccccc1. The highest BCUT2D eigenvalue weighted by Gasteiger charge is 2.19. The van der Waals surface area contributed by atoms with Gasteiger partial charge in [-0.15, -0.1) is 0 Å². The fourth-order valence-corrected chi connectivity index (χ4v) is 1.82. The maximum atomic E-state index is 12.0. The van der Waals surface area contributed by atoms with Gasteiger partial charge in [0.05, 0.1) is 12.5 Å². The first-order valence-electron chi connectivity index (χ1n) is 6.19. The molecular formula is C14H13N3O4. The van der Waals surface area contributed by atoms with Crippen molar-refractivity contribution in [2.75, 3.05) is 0 Å². The molecule has 1 unspecified atom stereocenters. The van der Waals surface area contributed by atoms with Crippen LogP contribution in [0, 0.1) is 0 Å². The number of aromatic amines is 1. The standard InChI is InChI=1S/C14H13N3O4/c18-12-7-6-10(16-17-12)14(21)15-11(8-13(19)20)9-4-2-1-3-5-9/h1-7,11H,8H2,(H,15,21)(H,17,18)(H,19,20). The summed E-state index contributed by atoms with van der Waals surface area (Å²) < 4.78 is 0. The third-order valence-corrected chi connectivity index (χ3v) is 2.80. The zero-order valence-electron chi connectivity index (χ0n) is 10.9. The Kier molecular flexibility index (Phi) is 4.45. The molecule has 0 saturated heterocycles. The number of amides is 1. The average Bonchev–Trinajstić information content (AvgIpc) is 2.47. The van der Waals surface area contributed by atoms with Crippen LogP contribution in [0.1, 0.15) is 28.5 Å². The highest BCUT2D eigenvalue weighted by atomic mass is 16.4. The summed E-state index contributed by atoms with van der Waals surface area (Å²) in [7, 11) is 0. The van der Waals surface area contributed by atoms with Gasteiger partial charge in [0.15, 0.2) is 0 Å². The van der Waals surface area contributed by atoms with E-state index in [4.69, 9.17) is 5.11 Å². The van der Waals surface area contributed by atoms with Crippen LogP contribution in [0.4, 0.5) is 0 Å². The first kappa shape index (κ1) is 14.4. The molecule has 2 aromatic rings. The van der Waals surface area contributed by atoms with Crippen LogP contribution in [-0.4, -0.2) is 27.2 Å². The van der Waals surface area contributed by atoms with Crippen LogP contribution < -0.4 is 10.9 Å². The number of nitrogens with one attached hydrogen (secondary N) is 2. The highest BCUT2D eigenvalue weighted by Crippen LogP contribution is 2.16. The summed E-state index contributed by atoms with van der Waals surface area (Å²) in [5.74, 6) is -1.58. The smallest absolute Gasteiger partial charge is 0.305 e. The molecule has 3 N–H and O–H groups in total. The van der Waals surface area contributed by atoms with Gasteiger partial charge >= 0.3 is 5.97 Å². The Morgan fingerprint density at radius 2 is 1.90 bits per heavy atom. The Hall–Kier alpha value is -2.96. The molecule has 7 heteroatoms. The minimum Gasteiger partial charge on any atom is -0.481 e. The summed E-state index contributed by atoms with van der Waals surface area (Å²) in [5.41, 5.74) is 0.273. The van der Waals surface area contributed by atoms with Crippen molar-refractivity contribution in [2.24, 2.45) is 0 Å². The van der Waals surface area contributed by atoms with Gasteiger partial charge in [0.25, 0.3) is 11.5 Å². The van der Waals surface area contributed by atoms with Gasteiger partial charge in [0, 0.05) is 6.07 Å². The number of rotatable bonds is 5. The van der Waals surface area contributed by atoms with E-state index in [1.165, 1.54) is 12.1 Å². The number of hydrogen-bond donors (Lipinski definition) is 3. The molecule has 0 saturated carbocycles. The molecule has 21 heavy (non-hydrogen) atoms. The molecule has 1 aromatic carbocycles. The van der Waals surface area contributed by atoms with E-state index in [0.717, 1.165) is 0 Å². The molecule has 1 amide bonds. The summed E-state index contributed by atoms with van der Waals surface area (Å²) >= 11 is 0. The third-order valence-electron chi connectivity index (χ3n) is 2.80. The van der Waals surface area contributed by atoms with Crippen LogP contribution >= 0.6 is 0 Å². The summed E-state index contributed by atoms with van der Waals surface area (Å²) in [5, 5.41) is 17.3. The van der Waals surface area contributed by atoms with Gasteiger partial charge < -0.3 is 10.4 Å². The first-order chi connectivity index (χ1) is 10.1. The quantitative estimate of drug-likeness (QED) is 0.750. The van der Waals surface area contributed by atoms with Crippen molar-refractivity contribution in [3.05, 3.63) is 64.1 Å². The van der Waals surface area contributed by atoms with Crippen LogP contribution in [0.25, 0.3) is 0 Å². The first-order valence-corrected chi connectivity index (χ1v) is 6.19. The van der Waals surface area contributed by atoms with E-state index in [1.54, 1.807) is 30.3 Å². The fraction of sp³-hybridized carbons (Fsp3) is 0.143. The lowest BCUT2D eigenvalue weighted by Crippen LogP contribution is -2.31. The molecule has 0 radical (unpaired) electrons. The zero-order chi connectivity index (χ0) is 15.2. The molecule has 0 aliphatic rings. The Labute approximate surface area is 119 Å². The maximum absolute atomic E-state index is 12.0. The molecule has 0 bridgehead atoms. The van der Waals surface area contributed by atoms with Crippen molar-refractivity contribution in [1.29, 1.82) is 0 Å². The van der Waals surface area contributed by atoms with Crippen LogP contribution in [0.2, 0.25) is 0 Å². The third kappa shape index (κ3) is 4.00. The van der Waals surface area contributed by atoms with E-state index in [1.807, 2.05) is 0 Å². The molecule has 108 valence electrons. The molecule has 0 fully saturated rings.